The van der Waals surface area contributed by atoms with Crippen LogP contribution in [0.25, 0.3) is 0 Å². The highest BCUT2D eigenvalue weighted by molar-refractivity contribution is 5.73. The van der Waals surface area contributed by atoms with Crippen LogP contribution < -0.4 is 4.90 Å². The lowest BCUT2D eigenvalue weighted by Gasteiger charge is -2.26. The number of aldehydes is 1. The summed E-state index contributed by atoms with van der Waals surface area (Å²) in [5.41, 5.74) is 0.859. The Morgan fingerprint density at radius 3 is 2.47 bits per heavy atom. The number of carbonyl (C=O) groups is 1. The van der Waals surface area contributed by atoms with Crippen LogP contribution >= 0.6 is 0 Å². The topological polar surface area (TPSA) is 46.1 Å². The Kier molecular flexibility index (Phi) is 3.13. The lowest BCUT2D eigenvalue weighted by Crippen LogP contribution is -2.26. The molecule has 0 saturated carbocycles. The fraction of sp³-hybridized carbons (Fsp3) is 0.615. The summed E-state index contributed by atoms with van der Waals surface area (Å²) in [7, 11) is 0. The Labute approximate surface area is 102 Å². The van der Waals surface area contributed by atoms with Gasteiger partial charge in [-0.3, -0.25) is 4.79 Å². The first-order valence-corrected chi connectivity index (χ1v) is 6.03. The van der Waals surface area contributed by atoms with E-state index in [2.05, 4.69) is 35.6 Å². The summed E-state index contributed by atoms with van der Waals surface area (Å²) in [6, 6.07) is 0. The molecule has 1 fully saturated rings. The van der Waals surface area contributed by atoms with E-state index in [9.17, 15) is 4.79 Å². The van der Waals surface area contributed by atoms with Gasteiger partial charge >= 0.3 is 0 Å². The fourth-order valence-electron chi connectivity index (χ4n) is 2.20. The van der Waals surface area contributed by atoms with Crippen molar-refractivity contribution in [3.8, 4) is 0 Å². The van der Waals surface area contributed by atoms with Crippen LogP contribution in [0, 0.1) is 11.3 Å². The number of carbonyl (C=O) groups excluding carboxylic acids is 1. The maximum absolute atomic E-state index is 10.5. The van der Waals surface area contributed by atoms with Gasteiger partial charge in [-0.15, -0.1) is 0 Å². The van der Waals surface area contributed by atoms with Crippen LogP contribution in [0.3, 0.4) is 0 Å². The van der Waals surface area contributed by atoms with Crippen LogP contribution in [-0.2, 0) is 0 Å². The summed E-state index contributed by atoms with van der Waals surface area (Å²) in [6.07, 6.45) is 5.12. The molecule has 1 atom stereocenters. The molecule has 4 heteroatoms. The van der Waals surface area contributed by atoms with Crippen molar-refractivity contribution in [2.24, 2.45) is 11.3 Å². The zero-order valence-electron chi connectivity index (χ0n) is 10.7. The Hall–Kier alpha value is -1.45. The third-order valence-corrected chi connectivity index (χ3v) is 3.49. The van der Waals surface area contributed by atoms with Crippen LogP contribution in [0.5, 0.6) is 0 Å². The van der Waals surface area contributed by atoms with Crippen LogP contribution in [0.1, 0.15) is 37.6 Å². The SMILES string of the molecule is CC(C)(C)C1CCN(c2ncc(C=O)cn2)C1. The summed E-state index contributed by atoms with van der Waals surface area (Å²) in [4.78, 5) is 21.2. The van der Waals surface area contributed by atoms with Gasteiger partial charge in [0.1, 0.15) is 0 Å². The molecule has 0 aromatic carbocycles. The molecular weight excluding hydrogens is 214 g/mol. The quantitative estimate of drug-likeness (QED) is 0.734. The molecule has 2 rings (SSSR count). The smallest absolute Gasteiger partial charge is 0.225 e. The van der Waals surface area contributed by atoms with Crippen molar-refractivity contribution in [2.75, 3.05) is 18.0 Å². The van der Waals surface area contributed by atoms with Gasteiger partial charge < -0.3 is 4.90 Å². The standard InChI is InChI=1S/C13H19N3O/c1-13(2,3)11-4-5-16(8-11)12-14-6-10(9-17)7-15-12/h6-7,9,11H,4-5,8H2,1-3H3. The van der Waals surface area contributed by atoms with E-state index in [1.807, 2.05) is 0 Å². The number of hydrogen-bond acceptors (Lipinski definition) is 4. The second-order valence-electron chi connectivity index (χ2n) is 5.73. The summed E-state index contributed by atoms with van der Waals surface area (Å²) < 4.78 is 0. The van der Waals surface area contributed by atoms with Gasteiger partial charge in [-0.1, -0.05) is 20.8 Å². The molecule has 0 N–H and O–H groups in total. The summed E-state index contributed by atoms with van der Waals surface area (Å²) in [5.74, 6) is 1.42. The van der Waals surface area contributed by atoms with Gasteiger partial charge in [0.05, 0.1) is 5.56 Å². The van der Waals surface area contributed by atoms with Crippen molar-refractivity contribution in [3.05, 3.63) is 18.0 Å². The molecule has 1 saturated heterocycles. The molecule has 0 radical (unpaired) electrons. The molecule has 0 bridgehead atoms. The molecule has 1 aliphatic heterocycles. The van der Waals surface area contributed by atoms with Crippen molar-refractivity contribution in [1.29, 1.82) is 0 Å². The number of rotatable bonds is 2. The fourth-order valence-corrected chi connectivity index (χ4v) is 2.20. The first-order valence-electron chi connectivity index (χ1n) is 6.03. The van der Waals surface area contributed by atoms with Crippen molar-refractivity contribution in [2.45, 2.75) is 27.2 Å². The van der Waals surface area contributed by atoms with Crippen LogP contribution in [-0.4, -0.2) is 29.3 Å². The van der Waals surface area contributed by atoms with E-state index in [4.69, 9.17) is 0 Å². The third-order valence-electron chi connectivity index (χ3n) is 3.49. The van der Waals surface area contributed by atoms with Gasteiger partial charge in [-0.05, 0) is 17.8 Å². The summed E-state index contributed by atoms with van der Waals surface area (Å²) in [5, 5.41) is 0. The Morgan fingerprint density at radius 2 is 2.00 bits per heavy atom. The maximum atomic E-state index is 10.5. The van der Waals surface area contributed by atoms with Gasteiger partial charge in [0.2, 0.25) is 5.95 Å². The van der Waals surface area contributed by atoms with Gasteiger partial charge in [-0.25, -0.2) is 9.97 Å². The third kappa shape index (κ3) is 2.62. The minimum Gasteiger partial charge on any atom is -0.341 e. The predicted molar refractivity (Wildman–Crippen MR) is 67.2 cm³/mol. The maximum Gasteiger partial charge on any atom is 0.225 e. The molecular formula is C13H19N3O. The zero-order chi connectivity index (χ0) is 12.5. The predicted octanol–water partition coefficient (Wildman–Crippen LogP) is 2.16. The van der Waals surface area contributed by atoms with Crippen LogP contribution in [0.4, 0.5) is 5.95 Å². The minimum atomic E-state index is 0.331. The Morgan fingerprint density at radius 1 is 1.35 bits per heavy atom. The molecule has 0 spiro atoms. The molecule has 4 nitrogen and oxygen atoms in total. The van der Waals surface area contributed by atoms with Crippen molar-refractivity contribution >= 4 is 12.2 Å². The number of hydrogen-bond donors (Lipinski definition) is 0. The minimum absolute atomic E-state index is 0.331. The molecule has 0 aliphatic carbocycles. The first-order chi connectivity index (χ1) is 8.00. The van der Waals surface area contributed by atoms with E-state index >= 15 is 0 Å². The molecule has 1 aromatic rings. The van der Waals surface area contributed by atoms with Crippen molar-refractivity contribution in [3.63, 3.8) is 0 Å². The molecule has 92 valence electrons. The second kappa shape index (κ2) is 4.43. The van der Waals surface area contributed by atoms with Gasteiger partial charge in [0.25, 0.3) is 0 Å². The Bertz CT molecular complexity index is 394. The average molecular weight is 233 g/mol. The number of aromatic nitrogens is 2. The normalized spacial score (nSPS) is 20.6. The molecule has 2 heterocycles. The van der Waals surface area contributed by atoms with E-state index in [-0.39, 0.29) is 0 Å². The number of anilines is 1. The highest BCUT2D eigenvalue weighted by Crippen LogP contribution is 2.34. The summed E-state index contributed by atoms with van der Waals surface area (Å²) in [6.45, 7) is 8.83. The molecule has 17 heavy (non-hydrogen) atoms. The van der Waals surface area contributed by atoms with Crippen molar-refractivity contribution in [1.82, 2.24) is 9.97 Å². The van der Waals surface area contributed by atoms with Gasteiger partial charge in [0.15, 0.2) is 6.29 Å². The van der Waals surface area contributed by atoms with E-state index in [1.54, 1.807) is 12.4 Å². The van der Waals surface area contributed by atoms with E-state index in [1.165, 1.54) is 6.42 Å². The molecule has 1 unspecified atom stereocenters. The Balaban J connectivity index is 2.07. The van der Waals surface area contributed by atoms with E-state index < -0.39 is 0 Å². The van der Waals surface area contributed by atoms with E-state index in [0.29, 0.717) is 16.9 Å². The number of nitrogens with zero attached hydrogens (tertiary/aromatic N) is 3. The van der Waals surface area contributed by atoms with E-state index in [0.717, 1.165) is 25.3 Å². The van der Waals surface area contributed by atoms with Crippen molar-refractivity contribution < 1.29 is 4.79 Å². The van der Waals surface area contributed by atoms with Gasteiger partial charge in [0, 0.05) is 25.5 Å². The second-order valence-corrected chi connectivity index (χ2v) is 5.73. The van der Waals surface area contributed by atoms with Crippen LogP contribution in [0.15, 0.2) is 12.4 Å². The molecule has 1 aliphatic rings. The lowest BCUT2D eigenvalue weighted by molar-refractivity contribution is 0.112. The highest BCUT2D eigenvalue weighted by atomic mass is 16.1. The van der Waals surface area contributed by atoms with Crippen LogP contribution in [0.2, 0.25) is 0 Å². The zero-order valence-corrected chi connectivity index (χ0v) is 10.7. The largest absolute Gasteiger partial charge is 0.341 e. The average Bonchev–Trinajstić information content (AvgIpc) is 2.78. The van der Waals surface area contributed by atoms with Gasteiger partial charge in [-0.2, -0.15) is 0 Å². The molecule has 0 amide bonds. The molecule has 1 aromatic heterocycles. The monoisotopic (exact) mass is 233 g/mol. The first kappa shape index (κ1) is 12.0. The lowest BCUT2D eigenvalue weighted by atomic mass is 9.80. The summed E-state index contributed by atoms with van der Waals surface area (Å²) >= 11 is 0. The highest BCUT2D eigenvalue weighted by Gasteiger charge is 2.32.